The van der Waals surface area contributed by atoms with Crippen LogP contribution in [0.5, 0.6) is 0 Å². The normalized spacial score (nSPS) is 8.62. The molecule has 0 radical (unpaired) electrons. The lowest BCUT2D eigenvalue weighted by Crippen LogP contribution is -2.01. The molecule has 0 saturated heterocycles. The predicted molar refractivity (Wildman–Crippen MR) is 56.2 cm³/mol. The van der Waals surface area contributed by atoms with Crippen LogP contribution in [0.3, 0.4) is 0 Å². The molecule has 0 aliphatic rings. The van der Waals surface area contributed by atoms with Crippen molar-refractivity contribution in [3.05, 3.63) is 29.1 Å². The molecule has 94 valence electrons. The van der Waals surface area contributed by atoms with E-state index in [0.29, 0.717) is 0 Å². The molecule has 0 spiro atoms. The lowest BCUT2D eigenvalue weighted by atomic mass is 10.3. The quantitative estimate of drug-likeness (QED) is 0.296. The Morgan fingerprint density at radius 1 is 0.562 bits per heavy atom. The second-order valence-electron chi connectivity index (χ2n) is 1.92. The first kappa shape index (κ1) is 17.6. The molecule has 0 N–H and O–H groups in total. The van der Waals surface area contributed by atoms with Gasteiger partial charge >= 0.3 is 0 Å². The summed E-state index contributed by atoms with van der Waals surface area (Å²) >= 11 is 3.10. The SMILES string of the molecule is CC.CC.Fc1c(F)c(F)c(S)c(F)c1F. The van der Waals surface area contributed by atoms with Crippen molar-refractivity contribution in [2.45, 2.75) is 32.6 Å². The highest BCUT2D eigenvalue weighted by Crippen LogP contribution is 2.24. The Morgan fingerprint density at radius 3 is 1.00 bits per heavy atom. The molecular weight excluding hydrogens is 247 g/mol. The van der Waals surface area contributed by atoms with E-state index in [1.807, 2.05) is 27.7 Å². The number of hydrogen-bond acceptors (Lipinski definition) is 1. The molecule has 0 aliphatic carbocycles. The Labute approximate surface area is 96.9 Å². The van der Waals surface area contributed by atoms with Gasteiger partial charge in [0.05, 0.1) is 4.90 Å². The summed E-state index contributed by atoms with van der Waals surface area (Å²) in [7, 11) is 0. The monoisotopic (exact) mass is 260 g/mol. The third-order valence-electron chi connectivity index (χ3n) is 1.19. The fraction of sp³-hybridized carbons (Fsp3) is 0.400. The average molecular weight is 260 g/mol. The third kappa shape index (κ3) is 3.66. The highest BCUT2D eigenvalue weighted by molar-refractivity contribution is 7.80. The van der Waals surface area contributed by atoms with Gasteiger partial charge in [0.15, 0.2) is 23.3 Å². The van der Waals surface area contributed by atoms with Crippen LogP contribution in [0, 0.1) is 29.1 Å². The summed E-state index contributed by atoms with van der Waals surface area (Å²) in [6.07, 6.45) is 0. The predicted octanol–water partition coefficient (Wildman–Crippen LogP) is 4.72. The van der Waals surface area contributed by atoms with Gasteiger partial charge in [-0.3, -0.25) is 0 Å². The standard InChI is InChI=1S/C6HF5S.2C2H6/c7-1-2(8)4(10)6(12)5(11)3(1)9;2*1-2/h12H;2*1-2H3. The van der Waals surface area contributed by atoms with Crippen molar-refractivity contribution >= 4 is 12.6 Å². The van der Waals surface area contributed by atoms with Gasteiger partial charge in [0, 0.05) is 0 Å². The van der Waals surface area contributed by atoms with E-state index in [1.165, 1.54) is 0 Å². The Balaban J connectivity index is 0. The first-order valence-electron chi connectivity index (χ1n) is 4.67. The van der Waals surface area contributed by atoms with Gasteiger partial charge in [-0.1, -0.05) is 27.7 Å². The van der Waals surface area contributed by atoms with E-state index in [4.69, 9.17) is 0 Å². The van der Waals surface area contributed by atoms with Crippen molar-refractivity contribution in [2.24, 2.45) is 0 Å². The van der Waals surface area contributed by atoms with Crippen molar-refractivity contribution < 1.29 is 22.0 Å². The first-order chi connectivity index (χ1) is 7.46. The maximum Gasteiger partial charge on any atom is 0.200 e. The molecule has 1 aromatic rings. The molecule has 0 atom stereocenters. The maximum atomic E-state index is 12.3. The molecule has 0 nitrogen and oxygen atoms in total. The molecule has 0 unspecified atom stereocenters. The van der Waals surface area contributed by atoms with Crippen molar-refractivity contribution in [1.29, 1.82) is 0 Å². The average Bonchev–Trinajstić information content (AvgIpc) is 2.36. The molecule has 0 aromatic heterocycles. The summed E-state index contributed by atoms with van der Waals surface area (Å²) in [5.74, 6) is -10.00. The first-order valence-corrected chi connectivity index (χ1v) is 5.12. The Hall–Kier alpha value is -0.780. The van der Waals surface area contributed by atoms with E-state index in [0.717, 1.165) is 0 Å². The van der Waals surface area contributed by atoms with Crippen LogP contribution in [0.1, 0.15) is 27.7 Å². The summed E-state index contributed by atoms with van der Waals surface area (Å²) in [4.78, 5) is -1.17. The molecule has 1 aromatic carbocycles. The highest BCUT2D eigenvalue weighted by Gasteiger charge is 2.23. The van der Waals surface area contributed by atoms with Gasteiger partial charge in [-0.05, 0) is 0 Å². The molecule has 0 fully saturated rings. The molecule has 0 amide bonds. The van der Waals surface area contributed by atoms with Crippen LogP contribution in [-0.2, 0) is 0 Å². The molecule has 0 bridgehead atoms. The van der Waals surface area contributed by atoms with Crippen molar-refractivity contribution in [2.75, 3.05) is 0 Å². The summed E-state index contributed by atoms with van der Waals surface area (Å²) in [5.41, 5.74) is 0. The van der Waals surface area contributed by atoms with Gasteiger partial charge in [-0.15, -0.1) is 12.6 Å². The lowest BCUT2D eigenvalue weighted by Gasteiger charge is -2.01. The second kappa shape index (κ2) is 8.38. The fourth-order valence-electron chi connectivity index (χ4n) is 0.593. The van der Waals surface area contributed by atoms with Gasteiger partial charge in [0.1, 0.15) is 0 Å². The number of benzene rings is 1. The summed E-state index contributed by atoms with van der Waals surface area (Å²) in [6.45, 7) is 8.00. The summed E-state index contributed by atoms with van der Waals surface area (Å²) in [6, 6.07) is 0. The number of hydrogen-bond donors (Lipinski definition) is 1. The topological polar surface area (TPSA) is 0 Å². The van der Waals surface area contributed by atoms with E-state index in [9.17, 15) is 22.0 Å². The van der Waals surface area contributed by atoms with Crippen molar-refractivity contribution in [3.8, 4) is 0 Å². The minimum atomic E-state index is -2.18. The van der Waals surface area contributed by atoms with E-state index in [2.05, 4.69) is 12.6 Å². The molecule has 0 heterocycles. The van der Waals surface area contributed by atoms with Crippen LogP contribution in [0.4, 0.5) is 22.0 Å². The molecule has 16 heavy (non-hydrogen) atoms. The number of thiol groups is 1. The van der Waals surface area contributed by atoms with E-state index in [-0.39, 0.29) is 0 Å². The zero-order valence-corrected chi connectivity index (χ0v) is 10.2. The molecule has 0 saturated carbocycles. The molecular formula is C10H13F5S. The van der Waals surface area contributed by atoms with E-state index < -0.39 is 34.0 Å². The Morgan fingerprint density at radius 2 is 0.750 bits per heavy atom. The van der Waals surface area contributed by atoms with Gasteiger partial charge < -0.3 is 0 Å². The van der Waals surface area contributed by atoms with Crippen molar-refractivity contribution in [1.82, 2.24) is 0 Å². The summed E-state index contributed by atoms with van der Waals surface area (Å²) < 4.78 is 61.3. The van der Waals surface area contributed by atoms with Gasteiger partial charge in [-0.25, -0.2) is 22.0 Å². The van der Waals surface area contributed by atoms with Gasteiger partial charge in [0.25, 0.3) is 0 Å². The highest BCUT2D eigenvalue weighted by atomic mass is 32.1. The minimum absolute atomic E-state index is 1.17. The van der Waals surface area contributed by atoms with E-state index in [1.54, 1.807) is 0 Å². The van der Waals surface area contributed by atoms with E-state index >= 15 is 0 Å². The Bertz CT molecular complexity index is 233. The largest absolute Gasteiger partial charge is 0.202 e. The van der Waals surface area contributed by atoms with Crippen LogP contribution in [0.15, 0.2) is 4.90 Å². The second-order valence-corrected chi connectivity index (χ2v) is 2.37. The van der Waals surface area contributed by atoms with Crippen LogP contribution in [0.25, 0.3) is 0 Å². The van der Waals surface area contributed by atoms with Crippen LogP contribution >= 0.6 is 12.6 Å². The molecule has 6 heteroatoms. The number of rotatable bonds is 0. The van der Waals surface area contributed by atoms with Crippen LogP contribution in [0.2, 0.25) is 0 Å². The van der Waals surface area contributed by atoms with Gasteiger partial charge in [0.2, 0.25) is 5.82 Å². The van der Waals surface area contributed by atoms with Crippen LogP contribution < -0.4 is 0 Å². The Kier molecular flexibility index (Phi) is 9.22. The number of halogens is 5. The van der Waals surface area contributed by atoms with Gasteiger partial charge in [-0.2, -0.15) is 0 Å². The fourth-order valence-corrected chi connectivity index (χ4v) is 0.790. The summed E-state index contributed by atoms with van der Waals surface area (Å²) in [5, 5.41) is 0. The smallest absolute Gasteiger partial charge is 0.200 e. The molecule has 1 rings (SSSR count). The zero-order chi connectivity index (χ0) is 13.5. The minimum Gasteiger partial charge on any atom is -0.202 e. The lowest BCUT2D eigenvalue weighted by molar-refractivity contribution is 0.361. The van der Waals surface area contributed by atoms with Crippen LogP contribution in [-0.4, -0.2) is 0 Å². The molecule has 0 aliphatic heterocycles. The third-order valence-corrected chi connectivity index (χ3v) is 1.58. The zero-order valence-electron chi connectivity index (χ0n) is 9.34. The maximum absolute atomic E-state index is 12.3. The van der Waals surface area contributed by atoms with Crippen molar-refractivity contribution in [3.63, 3.8) is 0 Å².